The van der Waals surface area contributed by atoms with Gasteiger partial charge in [0.2, 0.25) is 5.91 Å². The van der Waals surface area contributed by atoms with Crippen molar-refractivity contribution in [2.45, 2.75) is 36.4 Å². The normalized spacial score (nSPS) is 29.7. The Morgan fingerprint density at radius 2 is 2.29 bits per heavy atom. The monoisotopic (exact) mass is 478 g/mol. The average Bonchev–Trinajstić information content (AvgIpc) is 3.40. The third-order valence-corrected chi connectivity index (χ3v) is 7.35. The zero-order chi connectivity index (χ0) is 20.5. The van der Waals surface area contributed by atoms with Crippen LogP contribution in [0.1, 0.15) is 18.5 Å². The Hall–Kier alpha value is -1.22. The van der Waals surface area contributed by atoms with Crippen molar-refractivity contribution in [3.63, 3.8) is 0 Å². The van der Waals surface area contributed by atoms with E-state index in [1.807, 2.05) is 6.29 Å². The van der Waals surface area contributed by atoms with Gasteiger partial charge in [0.1, 0.15) is 24.2 Å². The molecule has 4 heterocycles. The largest absolute Gasteiger partial charge is 1.00 e. The molecule has 164 valence electrons. The molecule has 1 aromatic rings. The Bertz CT molecular complexity index is 849. The molecule has 11 nitrogen and oxygen atoms in total. The number of fused-ring (bicyclic) bond motifs is 1. The van der Waals surface area contributed by atoms with Crippen LogP contribution in [0, 0.1) is 5.92 Å². The predicted octanol–water partition coefficient (Wildman–Crippen LogP) is -3.42. The molecule has 4 rings (SSSR count). The summed E-state index contributed by atoms with van der Waals surface area (Å²) in [4.78, 5) is 47.4. The van der Waals surface area contributed by atoms with Crippen LogP contribution in [0.25, 0.3) is 0 Å². The summed E-state index contributed by atoms with van der Waals surface area (Å²) in [6, 6.07) is -1.41. The van der Waals surface area contributed by atoms with Gasteiger partial charge in [0, 0.05) is 17.7 Å². The third kappa shape index (κ3) is 4.92. The number of ether oxygens (including phenoxy) is 1. The van der Waals surface area contributed by atoms with Crippen molar-refractivity contribution >= 4 is 52.0 Å². The number of β-lactam (4-membered cyclic amide) rings is 1. The second-order valence-electron chi connectivity index (χ2n) is 6.89. The van der Waals surface area contributed by atoms with Crippen LogP contribution in [0.2, 0.25) is 0 Å². The van der Waals surface area contributed by atoms with Crippen LogP contribution in [-0.4, -0.2) is 82.2 Å². The van der Waals surface area contributed by atoms with Crippen LogP contribution in [0.3, 0.4) is 0 Å². The summed E-state index contributed by atoms with van der Waals surface area (Å²) in [5.41, 5.74) is 5.83. The zero-order valence-corrected chi connectivity index (χ0v) is 20.6. The number of nitrogens with zero attached hydrogens (tertiary/aromatic N) is 3. The fourth-order valence-corrected chi connectivity index (χ4v) is 6.03. The number of rotatable bonds is 6. The summed E-state index contributed by atoms with van der Waals surface area (Å²) in [6.45, 7) is 0.677. The van der Waals surface area contributed by atoms with Gasteiger partial charge in [-0.05, 0) is 18.8 Å². The number of aromatic nitrogens is 1. The number of thiazole rings is 1. The molecular weight excluding hydrogens is 457 g/mol. The molecule has 4 N–H and O–H groups in total. The van der Waals surface area contributed by atoms with Gasteiger partial charge < -0.3 is 35.8 Å². The Morgan fingerprint density at radius 3 is 2.87 bits per heavy atom. The van der Waals surface area contributed by atoms with Crippen molar-refractivity contribution in [1.29, 1.82) is 0 Å². The summed E-state index contributed by atoms with van der Waals surface area (Å²) >= 11 is 2.70. The van der Waals surface area contributed by atoms with Gasteiger partial charge in [-0.15, -0.1) is 23.1 Å². The summed E-state index contributed by atoms with van der Waals surface area (Å²) in [7, 11) is 1.31. The molecule has 0 bridgehead atoms. The van der Waals surface area contributed by atoms with Gasteiger partial charge in [-0.3, -0.25) is 9.59 Å². The minimum atomic E-state index is -0.758. The van der Waals surface area contributed by atoms with Crippen molar-refractivity contribution in [3.8, 4) is 0 Å². The molecule has 0 aromatic carbocycles. The number of anilines is 1. The van der Waals surface area contributed by atoms with E-state index in [2.05, 4.69) is 15.5 Å². The topological polar surface area (TPSA) is 166 Å². The van der Waals surface area contributed by atoms with Gasteiger partial charge in [0.15, 0.2) is 10.8 Å². The quantitative estimate of drug-likeness (QED) is 0.139. The number of carbonyl (C=O) groups is 2. The maximum Gasteiger partial charge on any atom is 1.00 e. The van der Waals surface area contributed by atoms with E-state index >= 15 is 0 Å². The molecule has 0 aliphatic carbocycles. The minimum Gasteiger partial charge on any atom is -0.870 e. The number of nitrogen functional groups attached to an aromatic ring is 1. The van der Waals surface area contributed by atoms with E-state index in [1.54, 1.807) is 5.38 Å². The van der Waals surface area contributed by atoms with Crippen LogP contribution in [0.15, 0.2) is 10.5 Å². The second-order valence-corrected chi connectivity index (χ2v) is 8.93. The fraction of sp³-hybridized carbons (Fsp3) is 0.588. The zero-order valence-electron chi connectivity index (χ0n) is 17.0. The Kier molecular flexibility index (Phi) is 9.30. The molecule has 0 radical (unpaired) electrons. The standard InChI is InChI=1S/C17H20N5O5S2.Na.H2O/c1-26-21-12(9-7-29-17(18)19-9)14(24)20-13-15(25)22-10(5-23)8(6-28-16(13)22)11-3-2-4-27-11;;/h7-8,10-11,13,16H,2-4,6H2,1H3,(H2,18,19)(H,20,24);;1H2/q-1;+1;/p-1/b21-12+;;/t8?,10?,11-,13+,16+;;/m0../s1. The maximum absolute atomic E-state index is 12.8. The van der Waals surface area contributed by atoms with Crippen LogP contribution in [0.4, 0.5) is 5.13 Å². The van der Waals surface area contributed by atoms with Crippen LogP contribution < -0.4 is 40.6 Å². The first-order valence-electron chi connectivity index (χ1n) is 9.11. The van der Waals surface area contributed by atoms with Gasteiger partial charge in [-0.25, -0.2) is 11.3 Å². The molecule has 3 aliphatic rings. The van der Waals surface area contributed by atoms with Gasteiger partial charge in [0.25, 0.3) is 5.91 Å². The van der Waals surface area contributed by atoms with Crippen molar-refractivity contribution in [1.82, 2.24) is 15.2 Å². The molecule has 1 aromatic heterocycles. The number of nitrogens with two attached hydrogens (primary N) is 1. The van der Waals surface area contributed by atoms with Crippen molar-refractivity contribution in [2.24, 2.45) is 11.1 Å². The molecule has 2 amide bonds. The van der Waals surface area contributed by atoms with Gasteiger partial charge in [-0.1, -0.05) is 11.2 Å². The number of nitrogens with one attached hydrogen (secondary N) is 1. The molecule has 5 atom stereocenters. The first kappa shape index (κ1) is 26.0. The molecular formula is C17H21N5NaO6S2-. The first-order valence-corrected chi connectivity index (χ1v) is 11.0. The van der Waals surface area contributed by atoms with E-state index in [4.69, 9.17) is 15.3 Å². The number of carbonyl (C=O) groups excluding carboxylic acids is 3. The molecule has 3 saturated heterocycles. The Morgan fingerprint density at radius 1 is 1.52 bits per heavy atom. The van der Waals surface area contributed by atoms with E-state index < -0.39 is 18.0 Å². The van der Waals surface area contributed by atoms with E-state index in [0.717, 1.165) is 12.8 Å². The minimum absolute atomic E-state index is 0. The van der Waals surface area contributed by atoms with E-state index in [9.17, 15) is 14.4 Å². The molecule has 0 spiro atoms. The molecule has 14 heteroatoms. The number of thioether (sulfide) groups is 1. The van der Waals surface area contributed by atoms with Gasteiger partial charge >= 0.3 is 29.6 Å². The average molecular weight is 479 g/mol. The number of hydrogen-bond donors (Lipinski definition) is 2. The second kappa shape index (κ2) is 11.1. The number of amides is 2. The molecule has 31 heavy (non-hydrogen) atoms. The molecule has 3 aliphatic heterocycles. The smallest absolute Gasteiger partial charge is 0.870 e. The summed E-state index contributed by atoms with van der Waals surface area (Å²) in [5, 5.41) is 7.95. The van der Waals surface area contributed by atoms with Crippen LogP contribution >= 0.6 is 23.1 Å². The van der Waals surface area contributed by atoms with Gasteiger partial charge in [0.05, 0.1) is 6.10 Å². The van der Waals surface area contributed by atoms with Gasteiger partial charge in [-0.2, -0.15) is 0 Å². The van der Waals surface area contributed by atoms with Crippen LogP contribution in [0.5, 0.6) is 0 Å². The first-order chi connectivity index (χ1) is 14.0. The van der Waals surface area contributed by atoms with Crippen molar-refractivity contribution in [2.75, 3.05) is 25.2 Å². The van der Waals surface area contributed by atoms with E-state index in [1.165, 1.54) is 35.1 Å². The Labute approximate surface area is 209 Å². The van der Waals surface area contributed by atoms with Crippen molar-refractivity contribution in [3.05, 3.63) is 11.1 Å². The number of hydrogen-bond acceptors (Lipinski definition) is 11. The number of oxime groups is 1. The SMILES string of the molecule is CO/N=C(/C(=O)N[C@@H]1C(=O)N2C([C-]=O)C([C@@H]3CCCO3)CS[C@H]12)c1csc(N)n1.[Na+].[OH-]. The summed E-state index contributed by atoms with van der Waals surface area (Å²) in [6.07, 6.45) is 3.82. The van der Waals surface area contributed by atoms with E-state index in [0.29, 0.717) is 12.4 Å². The molecule has 0 saturated carbocycles. The van der Waals surface area contributed by atoms with Crippen LogP contribution in [-0.2, 0) is 24.0 Å². The van der Waals surface area contributed by atoms with Crippen molar-refractivity contribution < 1.29 is 59.0 Å². The summed E-state index contributed by atoms with van der Waals surface area (Å²) < 4.78 is 5.72. The predicted molar refractivity (Wildman–Crippen MR) is 109 cm³/mol. The molecule has 3 fully saturated rings. The maximum atomic E-state index is 12.8. The molecule has 2 unspecified atom stereocenters. The summed E-state index contributed by atoms with van der Waals surface area (Å²) in [5.74, 6) is -0.335. The fourth-order valence-electron chi connectivity index (χ4n) is 3.90. The van der Waals surface area contributed by atoms with E-state index in [-0.39, 0.29) is 74.9 Å². The third-order valence-electron chi connectivity index (χ3n) is 5.26. The Balaban J connectivity index is 0.00000171.